The van der Waals surface area contributed by atoms with E-state index in [9.17, 15) is 4.79 Å². The first-order chi connectivity index (χ1) is 11.7. The van der Waals surface area contributed by atoms with Crippen molar-refractivity contribution in [1.29, 1.82) is 0 Å². The molecule has 7 nitrogen and oxygen atoms in total. The van der Waals surface area contributed by atoms with Crippen LogP contribution in [0, 0.1) is 0 Å². The van der Waals surface area contributed by atoms with Crippen molar-refractivity contribution in [1.82, 2.24) is 24.9 Å². The number of amides is 1. The fourth-order valence-electron chi connectivity index (χ4n) is 3.21. The van der Waals surface area contributed by atoms with Crippen LogP contribution in [0.25, 0.3) is 0 Å². The Hall–Kier alpha value is -2.31. The molecule has 0 unspecified atom stereocenters. The molecule has 7 heteroatoms. The Morgan fingerprint density at radius 2 is 2.08 bits per heavy atom. The first-order valence-electron chi connectivity index (χ1n) is 8.83. The van der Waals surface area contributed by atoms with Crippen LogP contribution in [-0.2, 0) is 19.5 Å². The van der Waals surface area contributed by atoms with Gasteiger partial charge < -0.3 is 10.2 Å². The van der Waals surface area contributed by atoms with Gasteiger partial charge >= 0.3 is 0 Å². The number of aryl methyl sites for hydroxylation is 2. The van der Waals surface area contributed by atoms with E-state index in [1.807, 2.05) is 32.6 Å². The predicted octanol–water partition coefficient (Wildman–Crippen LogP) is 1.85. The number of anilines is 1. The first kappa shape index (κ1) is 17.5. The fraction of sp³-hybridized carbons (Fsp3) is 0.611. The molecule has 0 aromatic carbocycles. The van der Waals surface area contributed by atoms with Gasteiger partial charge in [-0.1, -0.05) is 20.8 Å². The van der Waals surface area contributed by atoms with Crippen molar-refractivity contribution < 1.29 is 4.79 Å². The van der Waals surface area contributed by atoms with Gasteiger partial charge in [0.15, 0.2) is 0 Å². The van der Waals surface area contributed by atoms with E-state index in [4.69, 9.17) is 0 Å². The van der Waals surface area contributed by atoms with Crippen LogP contribution in [0.15, 0.2) is 18.5 Å². The van der Waals surface area contributed by atoms with Gasteiger partial charge in [0.1, 0.15) is 5.69 Å². The molecule has 0 aliphatic carbocycles. The minimum atomic E-state index is -0.0712. The lowest BCUT2D eigenvalue weighted by Gasteiger charge is -2.33. The summed E-state index contributed by atoms with van der Waals surface area (Å²) in [7, 11) is 3.74. The van der Waals surface area contributed by atoms with Crippen LogP contribution in [0.2, 0.25) is 0 Å². The lowest BCUT2D eigenvalue weighted by atomic mass is 9.92. The standard InChI is InChI=1S/C18H28N6O/c1-18(2,3)16-9-15(23(5)21-16)17(25)20-13-7-6-8-24(11-13)14-10-19-22(4)12-14/h9-10,12-13H,6-8,11H2,1-5H3,(H,20,25)/t13-/m0/s1. The zero-order valence-corrected chi connectivity index (χ0v) is 15.8. The van der Waals surface area contributed by atoms with Gasteiger partial charge in [-0.05, 0) is 18.9 Å². The molecule has 0 bridgehead atoms. The topological polar surface area (TPSA) is 68.0 Å². The molecule has 1 fully saturated rings. The minimum Gasteiger partial charge on any atom is -0.367 e. The normalized spacial score (nSPS) is 18.4. The number of rotatable bonds is 3. The van der Waals surface area contributed by atoms with Gasteiger partial charge in [0, 0.05) is 44.8 Å². The number of carbonyl (C=O) groups is 1. The summed E-state index contributed by atoms with van der Waals surface area (Å²) in [6.45, 7) is 8.11. The van der Waals surface area contributed by atoms with Crippen molar-refractivity contribution >= 4 is 11.6 Å². The van der Waals surface area contributed by atoms with E-state index in [0.29, 0.717) is 5.69 Å². The summed E-state index contributed by atoms with van der Waals surface area (Å²) in [6.07, 6.45) is 5.94. The molecule has 1 N–H and O–H groups in total. The van der Waals surface area contributed by atoms with E-state index in [-0.39, 0.29) is 17.4 Å². The van der Waals surface area contributed by atoms with Crippen LogP contribution in [0.3, 0.4) is 0 Å². The summed E-state index contributed by atoms with van der Waals surface area (Å²) >= 11 is 0. The molecular formula is C18H28N6O. The molecule has 0 saturated carbocycles. The number of hydrogen-bond donors (Lipinski definition) is 1. The van der Waals surface area contributed by atoms with Crippen LogP contribution >= 0.6 is 0 Å². The zero-order chi connectivity index (χ0) is 18.2. The van der Waals surface area contributed by atoms with Gasteiger partial charge in [-0.25, -0.2) is 0 Å². The molecule has 1 aliphatic heterocycles. The quantitative estimate of drug-likeness (QED) is 0.923. The molecule has 2 aromatic rings. The fourth-order valence-corrected chi connectivity index (χ4v) is 3.21. The smallest absolute Gasteiger partial charge is 0.269 e. The molecule has 136 valence electrons. The number of nitrogens with one attached hydrogen (secondary N) is 1. The average Bonchev–Trinajstić information content (AvgIpc) is 3.13. The molecule has 0 spiro atoms. The lowest BCUT2D eigenvalue weighted by molar-refractivity contribution is 0.0923. The largest absolute Gasteiger partial charge is 0.367 e. The zero-order valence-electron chi connectivity index (χ0n) is 15.8. The second-order valence-corrected chi connectivity index (χ2v) is 7.92. The highest BCUT2D eigenvalue weighted by Crippen LogP contribution is 2.22. The molecular weight excluding hydrogens is 316 g/mol. The van der Waals surface area contributed by atoms with Crippen LogP contribution in [-0.4, -0.2) is 44.6 Å². The molecule has 1 amide bonds. The Morgan fingerprint density at radius 1 is 1.32 bits per heavy atom. The molecule has 2 aromatic heterocycles. The summed E-state index contributed by atoms with van der Waals surface area (Å²) < 4.78 is 3.48. The Bertz CT molecular complexity index is 754. The van der Waals surface area contributed by atoms with Gasteiger partial charge in [0.05, 0.1) is 17.6 Å². The highest BCUT2D eigenvalue weighted by Gasteiger charge is 2.26. The molecule has 1 atom stereocenters. The molecule has 25 heavy (non-hydrogen) atoms. The lowest BCUT2D eigenvalue weighted by Crippen LogP contribution is -2.48. The molecule has 0 radical (unpaired) electrons. The van der Waals surface area contributed by atoms with Gasteiger partial charge in [-0.3, -0.25) is 14.2 Å². The Labute approximate surface area is 149 Å². The third kappa shape index (κ3) is 3.86. The van der Waals surface area contributed by atoms with Crippen LogP contribution in [0.1, 0.15) is 49.8 Å². The average molecular weight is 344 g/mol. The highest BCUT2D eigenvalue weighted by atomic mass is 16.2. The SMILES string of the molecule is Cn1cc(N2CCC[C@H](NC(=O)c3cc(C(C)(C)C)nn3C)C2)cn1. The van der Waals surface area contributed by atoms with Crippen molar-refractivity contribution in [2.45, 2.75) is 45.1 Å². The Kier molecular flexibility index (Phi) is 4.58. The summed E-state index contributed by atoms with van der Waals surface area (Å²) in [5, 5.41) is 11.9. The van der Waals surface area contributed by atoms with Gasteiger partial charge in [0.2, 0.25) is 0 Å². The molecule has 3 heterocycles. The minimum absolute atomic E-state index is 0.0523. The Morgan fingerprint density at radius 3 is 2.68 bits per heavy atom. The van der Waals surface area contributed by atoms with E-state index in [2.05, 4.69) is 41.2 Å². The maximum Gasteiger partial charge on any atom is 0.269 e. The third-order valence-electron chi connectivity index (χ3n) is 4.69. The first-order valence-corrected chi connectivity index (χ1v) is 8.83. The van der Waals surface area contributed by atoms with Crippen molar-refractivity contribution in [2.24, 2.45) is 14.1 Å². The summed E-state index contributed by atoms with van der Waals surface area (Å²) in [5.41, 5.74) is 2.58. The van der Waals surface area contributed by atoms with E-state index in [1.54, 1.807) is 9.36 Å². The third-order valence-corrected chi connectivity index (χ3v) is 4.69. The van der Waals surface area contributed by atoms with Crippen molar-refractivity contribution in [2.75, 3.05) is 18.0 Å². The van der Waals surface area contributed by atoms with E-state index in [1.165, 1.54) is 0 Å². The Balaban J connectivity index is 1.67. The van der Waals surface area contributed by atoms with Gasteiger partial charge in [-0.15, -0.1) is 0 Å². The number of aromatic nitrogens is 4. The maximum absolute atomic E-state index is 12.7. The van der Waals surface area contributed by atoms with Gasteiger partial charge in [0.25, 0.3) is 5.91 Å². The number of carbonyl (C=O) groups excluding carboxylic acids is 1. The maximum atomic E-state index is 12.7. The summed E-state index contributed by atoms with van der Waals surface area (Å²) in [4.78, 5) is 15.0. The second-order valence-electron chi connectivity index (χ2n) is 7.92. The van der Waals surface area contributed by atoms with E-state index in [0.717, 1.165) is 37.3 Å². The number of piperidine rings is 1. The van der Waals surface area contributed by atoms with Crippen molar-refractivity contribution in [3.63, 3.8) is 0 Å². The highest BCUT2D eigenvalue weighted by molar-refractivity contribution is 5.93. The molecule has 1 saturated heterocycles. The summed E-state index contributed by atoms with van der Waals surface area (Å²) in [6, 6.07) is 2.03. The van der Waals surface area contributed by atoms with Crippen LogP contribution < -0.4 is 10.2 Å². The molecule has 3 rings (SSSR count). The molecule has 1 aliphatic rings. The number of nitrogens with zero attached hydrogens (tertiary/aromatic N) is 5. The van der Waals surface area contributed by atoms with E-state index < -0.39 is 0 Å². The predicted molar refractivity (Wildman–Crippen MR) is 97.8 cm³/mol. The van der Waals surface area contributed by atoms with Crippen LogP contribution in [0.4, 0.5) is 5.69 Å². The van der Waals surface area contributed by atoms with Crippen molar-refractivity contribution in [3.05, 3.63) is 29.8 Å². The van der Waals surface area contributed by atoms with Gasteiger partial charge in [-0.2, -0.15) is 10.2 Å². The monoisotopic (exact) mass is 344 g/mol. The van der Waals surface area contributed by atoms with Crippen molar-refractivity contribution in [3.8, 4) is 0 Å². The summed E-state index contributed by atoms with van der Waals surface area (Å²) in [5.74, 6) is -0.0523. The second kappa shape index (κ2) is 6.54. The van der Waals surface area contributed by atoms with Crippen LogP contribution in [0.5, 0.6) is 0 Å². The van der Waals surface area contributed by atoms with E-state index >= 15 is 0 Å². The number of hydrogen-bond acceptors (Lipinski definition) is 4.